The molecule has 0 bridgehead atoms. The molecule has 1 aromatic heterocycles. The number of carbonyl (C=O) groups is 1. The first kappa shape index (κ1) is 14.6. The van der Waals surface area contributed by atoms with Crippen LogP contribution >= 0.6 is 0 Å². The summed E-state index contributed by atoms with van der Waals surface area (Å²) in [5.41, 5.74) is 2.07. The third-order valence-electron chi connectivity index (χ3n) is 2.72. The molecule has 0 saturated carbocycles. The minimum absolute atomic E-state index is 0.0844. The Bertz CT molecular complexity index is 373. The normalized spacial score (nSPS) is 17.8. The number of amides is 1. The fourth-order valence-electron chi connectivity index (χ4n) is 1.96. The van der Waals surface area contributed by atoms with Gasteiger partial charge in [0.1, 0.15) is 0 Å². The van der Waals surface area contributed by atoms with Gasteiger partial charge in [-0.25, -0.2) is 0 Å². The van der Waals surface area contributed by atoms with Crippen molar-refractivity contribution >= 4 is 5.91 Å². The Hall–Kier alpha value is -1.42. The van der Waals surface area contributed by atoms with Crippen molar-refractivity contribution in [2.45, 2.75) is 39.7 Å². The van der Waals surface area contributed by atoms with Crippen molar-refractivity contribution in [1.29, 1.82) is 0 Å². The SMILES string of the molecule is CC.Cc1cncc(CC(=O)NC2CCNC2)c1. The maximum atomic E-state index is 11.7. The van der Waals surface area contributed by atoms with E-state index < -0.39 is 0 Å². The number of rotatable bonds is 3. The quantitative estimate of drug-likeness (QED) is 0.852. The van der Waals surface area contributed by atoms with Crippen LogP contribution in [0.15, 0.2) is 18.5 Å². The number of aryl methyl sites for hydroxylation is 1. The molecule has 2 rings (SSSR count). The summed E-state index contributed by atoms with van der Waals surface area (Å²) in [6, 6.07) is 2.30. The summed E-state index contributed by atoms with van der Waals surface area (Å²) in [6.07, 6.45) is 4.99. The van der Waals surface area contributed by atoms with Crippen molar-refractivity contribution in [3.8, 4) is 0 Å². The van der Waals surface area contributed by atoms with Crippen LogP contribution in [0, 0.1) is 6.92 Å². The second-order valence-electron chi connectivity index (χ2n) is 4.30. The van der Waals surface area contributed by atoms with E-state index in [1.165, 1.54) is 0 Å². The Kier molecular flexibility index (Phi) is 6.36. The molecular weight excluding hydrogens is 226 g/mol. The number of pyridine rings is 1. The van der Waals surface area contributed by atoms with Gasteiger partial charge in [0.25, 0.3) is 0 Å². The van der Waals surface area contributed by atoms with Gasteiger partial charge in [0.2, 0.25) is 5.91 Å². The third kappa shape index (κ3) is 4.84. The van der Waals surface area contributed by atoms with Gasteiger partial charge in [-0.05, 0) is 31.0 Å². The Morgan fingerprint density at radius 2 is 2.28 bits per heavy atom. The molecule has 1 amide bonds. The van der Waals surface area contributed by atoms with Crippen LogP contribution in [-0.4, -0.2) is 30.0 Å². The molecule has 1 unspecified atom stereocenters. The molecule has 4 nitrogen and oxygen atoms in total. The van der Waals surface area contributed by atoms with E-state index >= 15 is 0 Å². The molecule has 1 saturated heterocycles. The molecule has 1 aliphatic heterocycles. The first-order chi connectivity index (χ1) is 8.74. The number of aromatic nitrogens is 1. The van der Waals surface area contributed by atoms with Crippen molar-refractivity contribution in [1.82, 2.24) is 15.6 Å². The predicted octanol–water partition coefficient (Wildman–Crippen LogP) is 1.44. The van der Waals surface area contributed by atoms with Crippen molar-refractivity contribution in [2.75, 3.05) is 13.1 Å². The second-order valence-corrected chi connectivity index (χ2v) is 4.30. The summed E-state index contributed by atoms with van der Waals surface area (Å²) in [5.74, 6) is 0.0844. The second kappa shape index (κ2) is 7.82. The van der Waals surface area contributed by atoms with E-state index in [1.54, 1.807) is 12.4 Å². The zero-order valence-electron chi connectivity index (χ0n) is 11.5. The largest absolute Gasteiger partial charge is 0.352 e. The van der Waals surface area contributed by atoms with E-state index in [0.29, 0.717) is 12.5 Å². The van der Waals surface area contributed by atoms with Gasteiger partial charge in [-0.3, -0.25) is 9.78 Å². The molecule has 1 aromatic rings. The predicted molar refractivity (Wildman–Crippen MR) is 73.4 cm³/mol. The summed E-state index contributed by atoms with van der Waals surface area (Å²) in [7, 11) is 0. The topological polar surface area (TPSA) is 54.0 Å². The molecule has 0 aliphatic carbocycles. The van der Waals surface area contributed by atoms with Crippen molar-refractivity contribution in [3.63, 3.8) is 0 Å². The zero-order valence-corrected chi connectivity index (χ0v) is 11.5. The number of hydrogen-bond acceptors (Lipinski definition) is 3. The average molecular weight is 249 g/mol. The number of carbonyl (C=O) groups excluding carboxylic acids is 1. The molecule has 1 aliphatic rings. The molecule has 2 heterocycles. The Morgan fingerprint density at radius 3 is 2.89 bits per heavy atom. The van der Waals surface area contributed by atoms with Gasteiger partial charge in [0, 0.05) is 25.0 Å². The van der Waals surface area contributed by atoms with Crippen LogP contribution in [0.25, 0.3) is 0 Å². The van der Waals surface area contributed by atoms with E-state index in [1.807, 2.05) is 26.8 Å². The van der Waals surface area contributed by atoms with Gasteiger partial charge < -0.3 is 10.6 Å². The fourth-order valence-corrected chi connectivity index (χ4v) is 1.96. The van der Waals surface area contributed by atoms with E-state index in [4.69, 9.17) is 0 Å². The highest BCUT2D eigenvalue weighted by Crippen LogP contribution is 2.03. The fraction of sp³-hybridized carbons (Fsp3) is 0.571. The summed E-state index contributed by atoms with van der Waals surface area (Å²) in [5, 5.41) is 6.24. The number of nitrogens with zero attached hydrogens (tertiary/aromatic N) is 1. The Labute approximate surface area is 109 Å². The summed E-state index contributed by atoms with van der Waals surface area (Å²) in [6.45, 7) is 7.87. The van der Waals surface area contributed by atoms with Crippen LogP contribution in [0.3, 0.4) is 0 Å². The molecule has 4 heteroatoms. The van der Waals surface area contributed by atoms with Crippen molar-refractivity contribution in [3.05, 3.63) is 29.6 Å². The molecule has 0 aromatic carbocycles. The van der Waals surface area contributed by atoms with Crippen molar-refractivity contribution < 1.29 is 4.79 Å². The minimum Gasteiger partial charge on any atom is -0.352 e. The van der Waals surface area contributed by atoms with Gasteiger partial charge in [-0.2, -0.15) is 0 Å². The lowest BCUT2D eigenvalue weighted by Crippen LogP contribution is -2.37. The van der Waals surface area contributed by atoms with Crippen molar-refractivity contribution in [2.24, 2.45) is 0 Å². The van der Waals surface area contributed by atoms with Gasteiger partial charge in [-0.15, -0.1) is 0 Å². The van der Waals surface area contributed by atoms with Gasteiger partial charge >= 0.3 is 0 Å². The van der Waals surface area contributed by atoms with Crippen LogP contribution in [0.1, 0.15) is 31.4 Å². The molecule has 0 spiro atoms. The zero-order chi connectivity index (χ0) is 13.4. The van der Waals surface area contributed by atoms with Gasteiger partial charge in [-0.1, -0.05) is 19.9 Å². The standard InChI is InChI=1S/C12H17N3O.C2H6/c1-9-4-10(7-14-6-9)5-12(16)15-11-2-3-13-8-11;1-2/h4,6-7,11,13H,2-3,5,8H2,1H3,(H,15,16);1-2H3. The van der Waals surface area contributed by atoms with Crippen LogP contribution in [0.2, 0.25) is 0 Å². The monoisotopic (exact) mass is 249 g/mol. The lowest BCUT2D eigenvalue weighted by Gasteiger charge is -2.11. The highest BCUT2D eigenvalue weighted by molar-refractivity contribution is 5.78. The van der Waals surface area contributed by atoms with E-state index in [2.05, 4.69) is 15.6 Å². The number of hydrogen-bond donors (Lipinski definition) is 2. The lowest BCUT2D eigenvalue weighted by atomic mass is 10.1. The molecule has 2 N–H and O–H groups in total. The van der Waals surface area contributed by atoms with E-state index in [-0.39, 0.29) is 5.91 Å². The van der Waals surface area contributed by atoms with Crippen LogP contribution in [0.4, 0.5) is 0 Å². The molecular formula is C14H23N3O. The molecule has 0 radical (unpaired) electrons. The third-order valence-corrected chi connectivity index (χ3v) is 2.72. The maximum Gasteiger partial charge on any atom is 0.224 e. The highest BCUT2D eigenvalue weighted by atomic mass is 16.1. The van der Waals surface area contributed by atoms with E-state index in [0.717, 1.165) is 30.6 Å². The van der Waals surface area contributed by atoms with Gasteiger partial charge in [0.15, 0.2) is 0 Å². The van der Waals surface area contributed by atoms with Gasteiger partial charge in [0.05, 0.1) is 6.42 Å². The minimum atomic E-state index is 0.0844. The Morgan fingerprint density at radius 1 is 1.50 bits per heavy atom. The summed E-state index contributed by atoms with van der Waals surface area (Å²) < 4.78 is 0. The average Bonchev–Trinajstić information content (AvgIpc) is 2.84. The first-order valence-corrected chi connectivity index (χ1v) is 6.64. The molecule has 18 heavy (non-hydrogen) atoms. The number of nitrogens with one attached hydrogen (secondary N) is 2. The molecule has 1 fully saturated rings. The maximum absolute atomic E-state index is 11.7. The smallest absolute Gasteiger partial charge is 0.224 e. The van der Waals surface area contributed by atoms with E-state index in [9.17, 15) is 4.79 Å². The van der Waals surface area contributed by atoms with Crippen LogP contribution in [0.5, 0.6) is 0 Å². The molecule has 100 valence electrons. The molecule has 1 atom stereocenters. The van der Waals surface area contributed by atoms with Crippen LogP contribution < -0.4 is 10.6 Å². The highest BCUT2D eigenvalue weighted by Gasteiger charge is 2.16. The summed E-state index contributed by atoms with van der Waals surface area (Å²) >= 11 is 0. The summed E-state index contributed by atoms with van der Waals surface area (Å²) in [4.78, 5) is 15.8. The Balaban J connectivity index is 0.000000771. The lowest BCUT2D eigenvalue weighted by molar-refractivity contribution is -0.121. The van der Waals surface area contributed by atoms with Crippen LogP contribution in [-0.2, 0) is 11.2 Å². The first-order valence-electron chi connectivity index (χ1n) is 6.64.